The minimum absolute atomic E-state index is 0.0111. The summed E-state index contributed by atoms with van der Waals surface area (Å²) in [6.45, 7) is -2.91. The number of piperidine rings is 2. The zero-order valence-corrected chi connectivity index (χ0v) is 12.1. The minimum atomic E-state index is -2.91. The standard InChI is InChI=1S/C16H19F2NO3/c17-16(18)22-14-6-1-3-10(7-14)15(21)19-11-4-2-5-12(19)9-13(20)8-11/h1,3,6-7,11-13,16,20H,2,4-5,8-9H2/t11-,12+,13?. The molecule has 0 aromatic heterocycles. The number of aliphatic hydroxyl groups excluding tert-OH is 1. The van der Waals surface area contributed by atoms with Gasteiger partial charge in [-0.25, -0.2) is 0 Å². The maximum Gasteiger partial charge on any atom is 0.387 e. The molecule has 2 aliphatic rings. The van der Waals surface area contributed by atoms with E-state index in [1.165, 1.54) is 12.1 Å². The van der Waals surface area contributed by atoms with E-state index in [1.54, 1.807) is 12.1 Å². The highest BCUT2D eigenvalue weighted by atomic mass is 19.3. The van der Waals surface area contributed by atoms with E-state index in [4.69, 9.17) is 0 Å². The molecule has 6 heteroatoms. The molecule has 2 saturated heterocycles. The summed E-state index contributed by atoms with van der Waals surface area (Å²) >= 11 is 0. The highest BCUT2D eigenvalue weighted by molar-refractivity contribution is 5.95. The van der Waals surface area contributed by atoms with Crippen LogP contribution in [0.5, 0.6) is 5.75 Å². The molecule has 3 rings (SSSR count). The first-order valence-electron chi connectivity index (χ1n) is 7.60. The van der Waals surface area contributed by atoms with Gasteiger partial charge in [-0.1, -0.05) is 6.07 Å². The fraction of sp³-hybridized carbons (Fsp3) is 0.562. The Morgan fingerprint density at radius 3 is 2.59 bits per heavy atom. The Kier molecular flexibility index (Phi) is 4.29. The predicted molar refractivity (Wildman–Crippen MR) is 75.9 cm³/mol. The van der Waals surface area contributed by atoms with Crippen LogP contribution in [0.15, 0.2) is 24.3 Å². The van der Waals surface area contributed by atoms with E-state index in [0.717, 1.165) is 19.3 Å². The molecule has 2 aliphatic heterocycles. The van der Waals surface area contributed by atoms with Gasteiger partial charge in [-0.15, -0.1) is 0 Å². The summed E-state index contributed by atoms with van der Waals surface area (Å²) in [5.74, 6) is -0.177. The van der Waals surface area contributed by atoms with Gasteiger partial charge in [0, 0.05) is 17.6 Å². The number of rotatable bonds is 3. The van der Waals surface area contributed by atoms with Gasteiger partial charge >= 0.3 is 6.61 Å². The maximum absolute atomic E-state index is 12.8. The van der Waals surface area contributed by atoms with Crippen molar-refractivity contribution >= 4 is 5.91 Å². The molecule has 1 aromatic rings. The molecule has 2 fully saturated rings. The van der Waals surface area contributed by atoms with Crippen LogP contribution in [0, 0.1) is 0 Å². The van der Waals surface area contributed by atoms with Gasteiger partial charge in [0.05, 0.1) is 6.10 Å². The molecule has 2 bridgehead atoms. The fourth-order valence-electron chi connectivity index (χ4n) is 3.64. The van der Waals surface area contributed by atoms with E-state index < -0.39 is 6.61 Å². The van der Waals surface area contributed by atoms with Crippen molar-refractivity contribution in [2.24, 2.45) is 0 Å². The quantitative estimate of drug-likeness (QED) is 0.934. The number of hydrogen-bond donors (Lipinski definition) is 1. The molecule has 1 amide bonds. The molecule has 0 radical (unpaired) electrons. The molecule has 2 heterocycles. The number of hydrogen-bond acceptors (Lipinski definition) is 3. The smallest absolute Gasteiger partial charge is 0.387 e. The van der Waals surface area contributed by atoms with Crippen LogP contribution in [-0.4, -0.2) is 40.7 Å². The van der Waals surface area contributed by atoms with Gasteiger partial charge in [0.2, 0.25) is 0 Å². The van der Waals surface area contributed by atoms with Gasteiger partial charge in [0.25, 0.3) is 5.91 Å². The van der Waals surface area contributed by atoms with E-state index in [9.17, 15) is 18.7 Å². The number of halogens is 2. The number of amides is 1. The lowest BCUT2D eigenvalue weighted by molar-refractivity contribution is -0.0500. The van der Waals surface area contributed by atoms with Crippen LogP contribution in [0.25, 0.3) is 0 Å². The highest BCUT2D eigenvalue weighted by Gasteiger charge is 2.40. The number of nitrogens with zero attached hydrogens (tertiary/aromatic N) is 1. The monoisotopic (exact) mass is 311 g/mol. The van der Waals surface area contributed by atoms with Gasteiger partial charge in [0.1, 0.15) is 5.75 Å². The average Bonchev–Trinajstić information content (AvgIpc) is 2.45. The SMILES string of the molecule is O=C(c1cccc(OC(F)F)c1)N1[C@@H]2CCC[C@H]1CC(O)C2. The van der Waals surface area contributed by atoms with Gasteiger partial charge in [0.15, 0.2) is 0 Å². The zero-order valence-electron chi connectivity index (χ0n) is 12.1. The molecular weight excluding hydrogens is 292 g/mol. The number of fused-ring (bicyclic) bond motifs is 2. The van der Waals surface area contributed by atoms with Crippen molar-refractivity contribution in [1.82, 2.24) is 4.90 Å². The van der Waals surface area contributed by atoms with Crippen molar-refractivity contribution in [2.45, 2.75) is 56.9 Å². The fourth-order valence-corrected chi connectivity index (χ4v) is 3.64. The topological polar surface area (TPSA) is 49.8 Å². The second-order valence-corrected chi connectivity index (χ2v) is 5.98. The molecule has 0 spiro atoms. The molecule has 1 aromatic carbocycles. The van der Waals surface area contributed by atoms with Crippen molar-refractivity contribution < 1.29 is 23.4 Å². The number of alkyl halides is 2. The first kappa shape index (κ1) is 15.2. The molecule has 1 unspecified atom stereocenters. The summed E-state index contributed by atoms with van der Waals surface area (Å²) < 4.78 is 28.9. The van der Waals surface area contributed by atoms with Gasteiger partial charge in [-0.3, -0.25) is 4.79 Å². The summed E-state index contributed by atoms with van der Waals surface area (Å²) in [6, 6.07) is 5.99. The number of benzene rings is 1. The Bertz CT molecular complexity index is 538. The van der Waals surface area contributed by atoms with Crippen molar-refractivity contribution in [3.8, 4) is 5.75 Å². The third-order valence-electron chi connectivity index (χ3n) is 4.49. The largest absolute Gasteiger partial charge is 0.435 e. The zero-order chi connectivity index (χ0) is 15.7. The Hall–Kier alpha value is -1.69. The van der Waals surface area contributed by atoms with Gasteiger partial charge in [-0.05, 0) is 50.3 Å². The van der Waals surface area contributed by atoms with Crippen LogP contribution < -0.4 is 4.74 Å². The van der Waals surface area contributed by atoms with Crippen LogP contribution in [0.4, 0.5) is 8.78 Å². The maximum atomic E-state index is 12.8. The normalized spacial score (nSPS) is 27.8. The second-order valence-electron chi connectivity index (χ2n) is 5.98. The molecule has 0 saturated carbocycles. The third-order valence-corrected chi connectivity index (χ3v) is 4.49. The summed E-state index contributed by atoms with van der Waals surface area (Å²) in [4.78, 5) is 14.6. The van der Waals surface area contributed by atoms with E-state index in [2.05, 4.69) is 4.74 Å². The van der Waals surface area contributed by atoms with Crippen molar-refractivity contribution in [1.29, 1.82) is 0 Å². The Labute approximate surface area is 127 Å². The van der Waals surface area contributed by atoms with Crippen LogP contribution in [-0.2, 0) is 0 Å². The van der Waals surface area contributed by atoms with Crippen molar-refractivity contribution in [3.63, 3.8) is 0 Å². The van der Waals surface area contributed by atoms with E-state index in [-0.39, 0.29) is 29.8 Å². The van der Waals surface area contributed by atoms with Crippen LogP contribution in [0.3, 0.4) is 0 Å². The molecule has 22 heavy (non-hydrogen) atoms. The lowest BCUT2D eigenvalue weighted by Crippen LogP contribution is -2.55. The van der Waals surface area contributed by atoms with E-state index >= 15 is 0 Å². The number of aliphatic hydroxyl groups is 1. The highest BCUT2D eigenvalue weighted by Crippen LogP contribution is 2.35. The predicted octanol–water partition coefficient (Wildman–Crippen LogP) is 2.81. The Morgan fingerprint density at radius 1 is 1.27 bits per heavy atom. The van der Waals surface area contributed by atoms with E-state index in [0.29, 0.717) is 18.4 Å². The molecule has 4 nitrogen and oxygen atoms in total. The number of carbonyl (C=O) groups is 1. The van der Waals surface area contributed by atoms with Crippen LogP contribution >= 0.6 is 0 Å². The average molecular weight is 311 g/mol. The first-order valence-corrected chi connectivity index (χ1v) is 7.60. The van der Waals surface area contributed by atoms with Gasteiger partial charge in [-0.2, -0.15) is 8.78 Å². The summed E-state index contributed by atoms with van der Waals surface area (Å²) in [6.07, 6.45) is 3.65. The Morgan fingerprint density at radius 2 is 1.95 bits per heavy atom. The van der Waals surface area contributed by atoms with Crippen molar-refractivity contribution in [2.75, 3.05) is 0 Å². The van der Waals surface area contributed by atoms with Gasteiger partial charge < -0.3 is 14.7 Å². The molecule has 0 aliphatic carbocycles. The van der Waals surface area contributed by atoms with Crippen LogP contribution in [0.2, 0.25) is 0 Å². The molecular formula is C16H19F2NO3. The second kappa shape index (κ2) is 6.20. The first-order chi connectivity index (χ1) is 10.5. The molecule has 1 N–H and O–H groups in total. The molecule has 120 valence electrons. The number of carbonyl (C=O) groups excluding carboxylic acids is 1. The van der Waals surface area contributed by atoms with E-state index in [1.807, 2.05) is 4.90 Å². The third kappa shape index (κ3) is 3.06. The Balaban J connectivity index is 1.81. The van der Waals surface area contributed by atoms with Crippen molar-refractivity contribution in [3.05, 3.63) is 29.8 Å². The lowest BCUT2D eigenvalue weighted by atomic mass is 9.82. The summed E-state index contributed by atoms with van der Waals surface area (Å²) in [5, 5.41) is 9.89. The summed E-state index contributed by atoms with van der Waals surface area (Å²) in [5.41, 5.74) is 0.353. The number of ether oxygens (including phenoxy) is 1. The lowest BCUT2D eigenvalue weighted by Gasteiger charge is -2.47. The summed E-state index contributed by atoms with van der Waals surface area (Å²) in [7, 11) is 0. The minimum Gasteiger partial charge on any atom is -0.435 e. The van der Waals surface area contributed by atoms with Crippen LogP contribution in [0.1, 0.15) is 42.5 Å². The molecule has 3 atom stereocenters.